The molecule has 0 spiro atoms. The van der Waals surface area contributed by atoms with Crippen LogP contribution in [0.1, 0.15) is 17.5 Å². The fourth-order valence-electron chi connectivity index (χ4n) is 2.18. The molecule has 1 aliphatic carbocycles. The van der Waals surface area contributed by atoms with E-state index in [1.54, 1.807) is 18.2 Å². The normalized spacial score (nSPS) is 24.2. The Balaban J connectivity index is 2.59. The molecule has 15 heavy (non-hydrogen) atoms. The molecular formula is C11H10F2O2. The lowest BCUT2D eigenvalue weighted by Crippen LogP contribution is -2.40. The molecule has 0 saturated heterocycles. The van der Waals surface area contributed by atoms with Gasteiger partial charge in [-0.05, 0) is 24.0 Å². The highest BCUT2D eigenvalue weighted by Gasteiger charge is 2.52. The minimum absolute atomic E-state index is 0.0145. The van der Waals surface area contributed by atoms with E-state index < -0.39 is 17.8 Å². The average Bonchev–Trinajstić information content (AvgIpc) is 2.57. The molecule has 0 bridgehead atoms. The quantitative estimate of drug-likeness (QED) is 0.816. The van der Waals surface area contributed by atoms with Gasteiger partial charge in [0.25, 0.3) is 6.43 Å². The molecule has 2 rings (SSSR count). The van der Waals surface area contributed by atoms with Crippen LogP contribution in [0.15, 0.2) is 24.3 Å². The topological polar surface area (TPSA) is 37.3 Å². The Kier molecular flexibility index (Phi) is 2.21. The lowest BCUT2D eigenvalue weighted by Gasteiger charge is -2.24. The van der Waals surface area contributed by atoms with Crippen LogP contribution in [0.3, 0.4) is 0 Å². The average molecular weight is 212 g/mol. The van der Waals surface area contributed by atoms with E-state index in [1.165, 1.54) is 6.07 Å². The minimum Gasteiger partial charge on any atom is -0.480 e. The lowest BCUT2D eigenvalue weighted by molar-refractivity contribution is -0.150. The van der Waals surface area contributed by atoms with Crippen LogP contribution in [-0.2, 0) is 16.6 Å². The van der Waals surface area contributed by atoms with Crippen molar-refractivity contribution in [2.45, 2.75) is 24.7 Å². The van der Waals surface area contributed by atoms with Crippen LogP contribution in [0, 0.1) is 0 Å². The molecule has 1 atom stereocenters. The molecule has 0 saturated carbocycles. The number of hydrogen-bond donors (Lipinski definition) is 1. The molecule has 1 unspecified atom stereocenters. The van der Waals surface area contributed by atoms with E-state index in [2.05, 4.69) is 0 Å². The second-order valence-electron chi connectivity index (χ2n) is 3.73. The summed E-state index contributed by atoms with van der Waals surface area (Å²) in [6.07, 6.45) is -2.47. The van der Waals surface area contributed by atoms with Crippen molar-refractivity contribution < 1.29 is 18.7 Å². The van der Waals surface area contributed by atoms with Crippen molar-refractivity contribution in [3.05, 3.63) is 35.4 Å². The van der Waals surface area contributed by atoms with E-state index in [1.807, 2.05) is 0 Å². The fraction of sp³-hybridized carbons (Fsp3) is 0.364. The molecule has 1 aromatic carbocycles. The molecule has 0 aliphatic heterocycles. The summed E-state index contributed by atoms with van der Waals surface area (Å²) in [5.41, 5.74) is -0.996. The first-order valence-electron chi connectivity index (χ1n) is 4.69. The van der Waals surface area contributed by atoms with Gasteiger partial charge in [0.15, 0.2) is 5.41 Å². The summed E-state index contributed by atoms with van der Waals surface area (Å²) in [5.74, 6) is -1.43. The Morgan fingerprint density at radius 3 is 2.67 bits per heavy atom. The monoisotopic (exact) mass is 212 g/mol. The van der Waals surface area contributed by atoms with Crippen LogP contribution in [0.25, 0.3) is 0 Å². The third kappa shape index (κ3) is 1.24. The van der Waals surface area contributed by atoms with Crippen molar-refractivity contribution >= 4 is 5.97 Å². The van der Waals surface area contributed by atoms with Crippen molar-refractivity contribution in [2.75, 3.05) is 0 Å². The van der Waals surface area contributed by atoms with E-state index in [4.69, 9.17) is 5.11 Å². The minimum atomic E-state index is -2.86. The molecule has 2 nitrogen and oxygen atoms in total. The Morgan fingerprint density at radius 1 is 1.40 bits per heavy atom. The summed E-state index contributed by atoms with van der Waals surface area (Å²) < 4.78 is 25.9. The first kappa shape index (κ1) is 10.1. The van der Waals surface area contributed by atoms with E-state index in [0.717, 1.165) is 5.56 Å². The maximum absolute atomic E-state index is 12.9. The number of carbonyl (C=O) groups is 1. The van der Waals surface area contributed by atoms with Gasteiger partial charge in [-0.2, -0.15) is 0 Å². The van der Waals surface area contributed by atoms with Gasteiger partial charge in [-0.1, -0.05) is 24.3 Å². The summed E-state index contributed by atoms with van der Waals surface area (Å²) >= 11 is 0. The number of aliphatic carboxylic acids is 1. The predicted octanol–water partition coefficient (Wildman–Crippen LogP) is 2.22. The molecule has 0 heterocycles. The summed E-state index contributed by atoms with van der Waals surface area (Å²) in [7, 11) is 0. The summed E-state index contributed by atoms with van der Waals surface area (Å²) in [4.78, 5) is 11.0. The number of hydrogen-bond acceptors (Lipinski definition) is 1. The standard InChI is InChI=1S/C11H10F2O2/c12-9(13)11(10(14)15)6-5-7-3-1-2-4-8(7)11/h1-4,9H,5-6H2,(H,14,15). The van der Waals surface area contributed by atoms with E-state index >= 15 is 0 Å². The second kappa shape index (κ2) is 3.29. The third-order valence-corrected chi connectivity index (χ3v) is 3.04. The van der Waals surface area contributed by atoms with Crippen LogP contribution in [0.5, 0.6) is 0 Å². The van der Waals surface area contributed by atoms with Gasteiger partial charge in [0.05, 0.1) is 0 Å². The highest BCUT2D eigenvalue weighted by molar-refractivity contribution is 5.83. The first-order chi connectivity index (χ1) is 7.09. The van der Waals surface area contributed by atoms with Crippen LogP contribution >= 0.6 is 0 Å². The van der Waals surface area contributed by atoms with Crippen molar-refractivity contribution in [2.24, 2.45) is 0 Å². The Morgan fingerprint density at radius 2 is 2.07 bits per heavy atom. The second-order valence-corrected chi connectivity index (χ2v) is 3.73. The predicted molar refractivity (Wildman–Crippen MR) is 50.1 cm³/mol. The van der Waals surface area contributed by atoms with Gasteiger partial charge in [-0.25, -0.2) is 8.78 Å². The molecule has 1 aromatic rings. The van der Waals surface area contributed by atoms with E-state index in [-0.39, 0.29) is 12.0 Å². The van der Waals surface area contributed by atoms with Gasteiger partial charge in [-0.15, -0.1) is 0 Å². The number of carboxylic acids is 1. The van der Waals surface area contributed by atoms with Crippen molar-refractivity contribution in [1.82, 2.24) is 0 Å². The Bertz CT molecular complexity index is 403. The zero-order chi connectivity index (χ0) is 11.1. The third-order valence-electron chi connectivity index (χ3n) is 3.04. The number of alkyl halides is 2. The van der Waals surface area contributed by atoms with Gasteiger partial charge in [0.2, 0.25) is 0 Å². The smallest absolute Gasteiger partial charge is 0.320 e. The molecule has 80 valence electrons. The van der Waals surface area contributed by atoms with Crippen molar-refractivity contribution in [3.63, 3.8) is 0 Å². The number of fused-ring (bicyclic) bond motifs is 1. The largest absolute Gasteiger partial charge is 0.480 e. The molecule has 1 N–H and O–H groups in total. The Labute approximate surface area is 85.5 Å². The van der Waals surface area contributed by atoms with Gasteiger partial charge >= 0.3 is 5.97 Å². The van der Waals surface area contributed by atoms with Gasteiger partial charge in [0.1, 0.15) is 0 Å². The molecule has 0 aromatic heterocycles. The highest BCUT2D eigenvalue weighted by Crippen LogP contribution is 2.43. The lowest BCUT2D eigenvalue weighted by atomic mass is 9.82. The van der Waals surface area contributed by atoms with Crippen molar-refractivity contribution in [1.29, 1.82) is 0 Å². The van der Waals surface area contributed by atoms with E-state index in [0.29, 0.717) is 6.42 Å². The highest BCUT2D eigenvalue weighted by atomic mass is 19.3. The number of halogens is 2. The van der Waals surface area contributed by atoms with Crippen LogP contribution in [-0.4, -0.2) is 17.5 Å². The zero-order valence-corrected chi connectivity index (χ0v) is 7.91. The number of rotatable bonds is 2. The molecule has 0 amide bonds. The maximum Gasteiger partial charge on any atom is 0.320 e. The molecular weight excluding hydrogens is 202 g/mol. The van der Waals surface area contributed by atoms with Crippen LogP contribution < -0.4 is 0 Å². The summed E-state index contributed by atoms with van der Waals surface area (Å²) in [6, 6.07) is 6.54. The summed E-state index contributed by atoms with van der Waals surface area (Å²) in [5, 5.41) is 9.00. The zero-order valence-electron chi connectivity index (χ0n) is 7.91. The van der Waals surface area contributed by atoms with Gasteiger partial charge in [-0.3, -0.25) is 4.79 Å². The van der Waals surface area contributed by atoms with Crippen molar-refractivity contribution in [3.8, 4) is 0 Å². The van der Waals surface area contributed by atoms with Crippen LogP contribution in [0.4, 0.5) is 8.78 Å². The Hall–Kier alpha value is -1.45. The SMILES string of the molecule is O=C(O)C1(C(F)F)CCc2ccccc21. The van der Waals surface area contributed by atoms with Crippen LogP contribution in [0.2, 0.25) is 0 Å². The molecule has 1 aliphatic rings. The number of aryl methyl sites for hydroxylation is 1. The maximum atomic E-state index is 12.9. The first-order valence-corrected chi connectivity index (χ1v) is 4.69. The number of carboxylic acid groups (broad SMARTS) is 1. The van der Waals surface area contributed by atoms with E-state index in [9.17, 15) is 13.6 Å². The van der Waals surface area contributed by atoms with Gasteiger partial charge < -0.3 is 5.11 Å². The fourth-order valence-corrected chi connectivity index (χ4v) is 2.18. The number of benzene rings is 1. The molecule has 0 fully saturated rings. The van der Waals surface area contributed by atoms with Gasteiger partial charge in [0, 0.05) is 0 Å². The molecule has 0 radical (unpaired) electrons. The summed E-state index contributed by atoms with van der Waals surface area (Å²) in [6.45, 7) is 0. The molecule has 4 heteroatoms.